The van der Waals surface area contributed by atoms with E-state index in [1.807, 2.05) is 24.3 Å². The molecule has 1 heterocycles. The number of Topliss-reactive ketones (excluding diaryl/α,β-unsaturated/α-hetero) is 1. The van der Waals surface area contributed by atoms with Crippen LogP contribution in [0.5, 0.6) is 0 Å². The third kappa shape index (κ3) is 3.83. The van der Waals surface area contributed by atoms with Crippen LogP contribution < -0.4 is 5.49 Å². The molecule has 3 aromatic rings. The van der Waals surface area contributed by atoms with Crippen molar-refractivity contribution in [3.8, 4) is 0 Å². The molecule has 3 rings (SSSR count). The normalized spacial score (nSPS) is 10.8. The summed E-state index contributed by atoms with van der Waals surface area (Å²) < 4.78 is 1.76. The standard InChI is InChI=1S/C19H16ClN3OS/c1-2-11-23-18(21)15-5-3-4-6-16(15)22-19(23)25-12-17(24)13-7-9-14(20)10-8-13/h2-10,21H,1,11-12H2. The topological polar surface area (TPSA) is 58.7 Å². The molecule has 0 amide bonds. The van der Waals surface area contributed by atoms with Crippen molar-refractivity contribution in [2.45, 2.75) is 11.7 Å². The van der Waals surface area contributed by atoms with Gasteiger partial charge in [-0.25, -0.2) is 4.98 Å². The summed E-state index contributed by atoms with van der Waals surface area (Å²) in [5.74, 6) is 0.233. The number of halogens is 1. The lowest BCUT2D eigenvalue weighted by atomic mass is 10.1. The van der Waals surface area contributed by atoms with E-state index in [2.05, 4.69) is 11.6 Å². The molecule has 126 valence electrons. The smallest absolute Gasteiger partial charge is 0.173 e. The molecule has 0 atom stereocenters. The molecule has 6 heteroatoms. The van der Waals surface area contributed by atoms with Crippen molar-refractivity contribution in [1.29, 1.82) is 5.41 Å². The van der Waals surface area contributed by atoms with Gasteiger partial charge in [0, 0.05) is 22.5 Å². The van der Waals surface area contributed by atoms with Crippen LogP contribution in [0, 0.1) is 5.41 Å². The summed E-state index contributed by atoms with van der Waals surface area (Å²) in [5.41, 5.74) is 1.72. The van der Waals surface area contributed by atoms with Crippen LogP contribution in [0.2, 0.25) is 5.02 Å². The first-order chi connectivity index (χ1) is 12.1. The maximum absolute atomic E-state index is 12.4. The number of carbonyl (C=O) groups is 1. The number of thioether (sulfide) groups is 1. The van der Waals surface area contributed by atoms with Gasteiger partial charge in [-0.15, -0.1) is 6.58 Å². The van der Waals surface area contributed by atoms with Gasteiger partial charge in [0.25, 0.3) is 0 Å². The first-order valence-electron chi connectivity index (χ1n) is 7.67. The van der Waals surface area contributed by atoms with Crippen LogP contribution in [0.1, 0.15) is 10.4 Å². The number of allylic oxidation sites excluding steroid dienone is 1. The monoisotopic (exact) mass is 369 g/mol. The van der Waals surface area contributed by atoms with E-state index in [0.29, 0.717) is 27.8 Å². The van der Waals surface area contributed by atoms with Crippen molar-refractivity contribution in [1.82, 2.24) is 9.55 Å². The van der Waals surface area contributed by atoms with Crippen molar-refractivity contribution in [3.05, 3.63) is 77.3 Å². The Hall–Kier alpha value is -2.37. The predicted molar refractivity (Wildman–Crippen MR) is 102 cm³/mol. The van der Waals surface area contributed by atoms with Gasteiger partial charge in [0.05, 0.1) is 11.3 Å². The average Bonchev–Trinajstić information content (AvgIpc) is 2.63. The second-order valence-electron chi connectivity index (χ2n) is 5.38. The second kappa shape index (κ2) is 7.68. The molecule has 0 fully saturated rings. The van der Waals surface area contributed by atoms with Gasteiger partial charge >= 0.3 is 0 Å². The van der Waals surface area contributed by atoms with E-state index in [4.69, 9.17) is 17.0 Å². The number of fused-ring (bicyclic) bond motifs is 1. The maximum atomic E-state index is 12.4. The Morgan fingerprint density at radius 2 is 1.96 bits per heavy atom. The van der Waals surface area contributed by atoms with Crippen LogP contribution in [0.3, 0.4) is 0 Å². The number of para-hydroxylation sites is 1. The van der Waals surface area contributed by atoms with E-state index in [1.165, 1.54) is 11.8 Å². The highest BCUT2D eigenvalue weighted by atomic mass is 35.5. The summed E-state index contributed by atoms with van der Waals surface area (Å²) in [7, 11) is 0. The number of hydrogen-bond donors (Lipinski definition) is 1. The molecule has 1 aromatic heterocycles. The lowest BCUT2D eigenvalue weighted by Crippen LogP contribution is -2.23. The van der Waals surface area contributed by atoms with Crippen molar-refractivity contribution >= 4 is 40.0 Å². The third-order valence-corrected chi connectivity index (χ3v) is 4.91. The Kier molecular flexibility index (Phi) is 5.36. The lowest BCUT2D eigenvalue weighted by molar-refractivity contribution is 0.102. The lowest BCUT2D eigenvalue weighted by Gasteiger charge is -2.12. The molecule has 2 aromatic carbocycles. The van der Waals surface area contributed by atoms with E-state index >= 15 is 0 Å². The predicted octanol–water partition coefficient (Wildman–Crippen LogP) is 4.33. The van der Waals surface area contributed by atoms with Crippen molar-refractivity contribution < 1.29 is 4.79 Å². The second-order valence-corrected chi connectivity index (χ2v) is 6.76. The van der Waals surface area contributed by atoms with E-state index < -0.39 is 0 Å². The number of carbonyl (C=O) groups excluding carboxylic acids is 1. The molecule has 0 saturated carbocycles. The Bertz CT molecular complexity index is 996. The van der Waals surface area contributed by atoms with E-state index in [0.717, 1.165) is 10.9 Å². The molecular weight excluding hydrogens is 354 g/mol. The molecule has 0 aliphatic heterocycles. The van der Waals surface area contributed by atoms with E-state index in [-0.39, 0.29) is 11.5 Å². The number of nitrogens with zero attached hydrogens (tertiary/aromatic N) is 2. The fourth-order valence-corrected chi connectivity index (χ4v) is 3.47. The zero-order valence-electron chi connectivity index (χ0n) is 13.4. The Morgan fingerprint density at radius 3 is 2.68 bits per heavy atom. The fraction of sp³-hybridized carbons (Fsp3) is 0.105. The van der Waals surface area contributed by atoms with Crippen LogP contribution in [0.25, 0.3) is 10.9 Å². The van der Waals surface area contributed by atoms with Gasteiger partial charge in [-0.1, -0.05) is 41.6 Å². The average molecular weight is 370 g/mol. The highest BCUT2D eigenvalue weighted by Crippen LogP contribution is 2.20. The van der Waals surface area contributed by atoms with Crippen LogP contribution in [-0.4, -0.2) is 21.1 Å². The van der Waals surface area contributed by atoms with E-state index in [1.54, 1.807) is 34.9 Å². The first kappa shape index (κ1) is 17.5. The fourth-order valence-electron chi connectivity index (χ4n) is 2.43. The Labute approximate surface area is 154 Å². The highest BCUT2D eigenvalue weighted by Gasteiger charge is 2.12. The van der Waals surface area contributed by atoms with Crippen LogP contribution in [0.4, 0.5) is 0 Å². The molecule has 0 aliphatic rings. The summed E-state index contributed by atoms with van der Waals surface area (Å²) >= 11 is 7.18. The third-order valence-electron chi connectivity index (χ3n) is 3.69. The van der Waals surface area contributed by atoms with Crippen molar-refractivity contribution in [3.63, 3.8) is 0 Å². The largest absolute Gasteiger partial charge is 0.302 e. The molecular formula is C19H16ClN3OS. The van der Waals surface area contributed by atoms with Gasteiger partial charge in [-0.3, -0.25) is 10.2 Å². The molecule has 0 aliphatic carbocycles. The minimum absolute atomic E-state index is 0.00620. The molecule has 0 unspecified atom stereocenters. The molecule has 1 N–H and O–H groups in total. The maximum Gasteiger partial charge on any atom is 0.173 e. The van der Waals surface area contributed by atoms with Crippen LogP contribution in [-0.2, 0) is 6.54 Å². The summed E-state index contributed by atoms with van der Waals surface area (Å²) in [6, 6.07) is 14.4. The first-order valence-corrected chi connectivity index (χ1v) is 9.03. The zero-order valence-corrected chi connectivity index (χ0v) is 15.0. The molecule has 0 radical (unpaired) electrons. The van der Waals surface area contributed by atoms with Gasteiger partial charge in [-0.05, 0) is 36.4 Å². The number of nitrogens with one attached hydrogen (secondary N) is 1. The molecule has 25 heavy (non-hydrogen) atoms. The molecule has 0 spiro atoms. The van der Waals surface area contributed by atoms with E-state index in [9.17, 15) is 4.79 Å². The van der Waals surface area contributed by atoms with Gasteiger partial charge in [0.2, 0.25) is 0 Å². The van der Waals surface area contributed by atoms with Gasteiger partial charge < -0.3 is 4.57 Å². The highest BCUT2D eigenvalue weighted by molar-refractivity contribution is 7.99. The molecule has 0 saturated heterocycles. The zero-order chi connectivity index (χ0) is 17.8. The minimum atomic E-state index is -0.00620. The van der Waals surface area contributed by atoms with Gasteiger partial charge in [-0.2, -0.15) is 0 Å². The summed E-state index contributed by atoms with van der Waals surface area (Å²) in [5, 5.41) is 10.4. The summed E-state index contributed by atoms with van der Waals surface area (Å²) in [6.45, 7) is 4.22. The molecule has 0 bridgehead atoms. The van der Waals surface area contributed by atoms with Gasteiger partial charge in [0.15, 0.2) is 10.9 Å². The van der Waals surface area contributed by atoms with Crippen molar-refractivity contribution in [2.24, 2.45) is 0 Å². The molecule has 4 nitrogen and oxygen atoms in total. The number of ketones is 1. The van der Waals surface area contributed by atoms with Crippen LogP contribution in [0.15, 0.2) is 66.3 Å². The Balaban J connectivity index is 1.91. The minimum Gasteiger partial charge on any atom is -0.302 e. The number of hydrogen-bond acceptors (Lipinski definition) is 4. The Morgan fingerprint density at radius 1 is 1.24 bits per heavy atom. The van der Waals surface area contributed by atoms with Crippen LogP contribution >= 0.6 is 23.4 Å². The number of aromatic nitrogens is 2. The summed E-state index contributed by atoms with van der Waals surface area (Å²) in [6.07, 6.45) is 1.72. The number of rotatable bonds is 6. The number of benzene rings is 2. The van der Waals surface area contributed by atoms with Crippen molar-refractivity contribution in [2.75, 3.05) is 5.75 Å². The van der Waals surface area contributed by atoms with Gasteiger partial charge in [0.1, 0.15) is 5.49 Å². The SMILES string of the molecule is C=CCn1c(SCC(=O)c2ccc(Cl)cc2)nc2ccccc2c1=N. The quantitative estimate of drug-likeness (QED) is 0.304. The summed E-state index contributed by atoms with van der Waals surface area (Å²) in [4.78, 5) is 17.0.